The zero-order valence-corrected chi connectivity index (χ0v) is 11.4. The summed E-state index contributed by atoms with van der Waals surface area (Å²) in [5.74, 6) is 1.54. The Morgan fingerprint density at radius 3 is 2.95 bits per heavy atom. The molecule has 1 aromatic carbocycles. The van der Waals surface area contributed by atoms with E-state index in [2.05, 4.69) is 39.8 Å². The van der Waals surface area contributed by atoms with Crippen molar-refractivity contribution in [3.8, 4) is 0 Å². The van der Waals surface area contributed by atoms with Crippen LogP contribution in [-0.4, -0.2) is 20.6 Å². The molecule has 0 aliphatic heterocycles. The Kier molecular flexibility index (Phi) is 3.25. The second kappa shape index (κ2) is 5.05. The van der Waals surface area contributed by atoms with E-state index >= 15 is 0 Å². The Morgan fingerprint density at radius 1 is 1.32 bits per heavy atom. The molecule has 0 saturated heterocycles. The van der Waals surface area contributed by atoms with Gasteiger partial charge in [0.1, 0.15) is 17.8 Å². The summed E-state index contributed by atoms with van der Waals surface area (Å²) < 4.78 is 7.03. The number of imidazole rings is 1. The molecule has 3 rings (SSSR count). The molecule has 0 saturated carbocycles. The van der Waals surface area contributed by atoms with Gasteiger partial charge >= 0.3 is 0 Å². The van der Waals surface area contributed by atoms with Gasteiger partial charge in [-0.1, -0.05) is 11.2 Å². The highest BCUT2D eigenvalue weighted by Crippen LogP contribution is 2.19. The van der Waals surface area contributed by atoms with E-state index in [1.54, 1.807) is 6.26 Å². The van der Waals surface area contributed by atoms with Crippen LogP contribution < -0.4 is 0 Å². The highest BCUT2D eigenvalue weighted by Gasteiger charge is 2.11. The Morgan fingerprint density at radius 2 is 2.21 bits per heavy atom. The van der Waals surface area contributed by atoms with Crippen LogP contribution in [0.5, 0.6) is 0 Å². The fourth-order valence-electron chi connectivity index (χ4n) is 2.22. The molecule has 0 unspecified atom stereocenters. The topological polar surface area (TPSA) is 43.9 Å². The predicted octanol–water partition coefficient (Wildman–Crippen LogP) is 3.16. The molecule has 3 aromatic rings. The minimum atomic E-state index is 0.557. The summed E-state index contributed by atoms with van der Waals surface area (Å²) in [4.78, 5) is 4.66. The molecule has 98 valence electrons. The number of halogens is 1. The summed E-state index contributed by atoms with van der Waals surface area (Å²) in [7, 11) is 0. The van der Waals surface area contributed by atoms with Gasteiger partial charge in [0, 0.05) is 18.4 Å². The molecule has 0 radical (unpaired) electrons. The van der Waals surface area contributed by atoms with E-state index in [1.807, 2.05) is 6.07 Å². The number of hydrogen-bond donors (Lipinski definition) is 0. The van der Waals surface area contributed by atoms with Gasteiger partial charge in [0.15, 0.2) is 0 Å². The molecule has 0 atom stereocenters. The minimum absolute atomic E-state index is 0.557. The van der Waals surface area contributed by atoms with Crippen LogP contribution in [0.15, 0.2) is 35.1 Å². The molecule has 0 aliphatic carbocycles. The number of fused-ring (bicyclic) bond motifs is 1. The maximum absolute atomic E-state index is 5.86. The van der Waals surface area contributed by atoms with Crippen molar-refractivity contribution in [2.45, 2.75) is 19.9 Å². The zero-order valence-electron chi connectivity index (χ0n) is 10.6. The average molecular weight is 276 g/mol. The van der Waals surface area contributed by atoms with Crippen LogP contribution in [0.3, 0.4) is 0 Å². The molecule has 0 fully saturated rings. The number of aromatic nitrogens is 3. The van der Waals surface area contributed by atoms with E-state index in [-0.39, 0.29) is 0 Å². The third kappa shape index (κ3) is 2.36. The van der Waals surface area contributed by atoms with Crippen molar-refractivity contribution in [1.82, 2.24) is 14.7 Å². The fraction of sp³-hybridized carbons (Fsp3) is 0.286. The Balaban J connectivity index is 2.10. The number of hydrogen-bond acceptors (Lipinski definition) is 3. The fourth-order valence-corrected chi connectivity index (χ4v) is 2.39. The van der Waals surface area contributed by atoms with Crippen LogP contribution in [0.25, 0.3) is 11.0 Å². The molecule has 0 amide bonds. The van der Waals surface area contributed by atoms with Crippen LogP contribution in [0.2, 0.25) is 0 Å². The lowest BCUT2D eigenvalue weighted by atomic mass is 10.2. The highest BCUT2D eigenvalue weighted by molar-refractivity contribution is 6.17. The van der Waals surface area contributed by atoms with Gasteiger partial charge < -0.3 is 9.09 Å². The van der Waals surface area contributed by atoms with E-state index in [0.29, 0.717) is 12.4 Å². The molecular weight excluding hydrogens is 262 g/mol. The second-order valence-electron chi connectivity index (χ2n) is 4.54. The van der Waals surface area contributed by atoms with E-state index < -0.39 is 0 Å². The summed E-state index contributed by atoms with van der Waals surface area (Å²) in [5, 5.41) is 3.96. The van der Waals surface area contributed by atoms with Crippen LogP contribution >= 0.6 is 11.6 Å². The van der Waals surface area contributed by atoms with Crippen molar-refractivity contribution in [3.05, 3.63) is 47.6 Å². The molecular formula is C14H14ClN3O. The van der Waals surface area contributed by atoms with Crippen LogP contribution in [0.4, 0.5) is 0 Å². The first kappa shape index (κ1) is 12.2. The van der Waals surface area contributed by atoms with Gasteiger partial charge in [-0.25, -0.2) is 4.98 Å². The summed E-state index contributed by atoms with van der Waals surface area (Å²) in [6.45, 7) is 2.72. The van der Waals surface area contributed by atoms with Crippen molar-refractivity contribution in [2.24, 2.45) is 0 Å². The number of benzene rings is 1. The van der Waals surface area contributed by atoms with Gasteiger partial charge in [-0.3, -0.25) is 0 Å². The van der Waals surface area contributed by atoms with E-state index in [4.69, 9.17) is 16.1 Å². The Labute approximate surface area is 116 Å². The second-order valence-corrected chi connectivity index (χ2v) is 4.91. The Bertz CT molecular complexity index is 688. The van der Waals surface area contributed by atoms with Crippen LogP contribution in [0, 0.1) is 6.92 Å². The molecule has 5 heteroatoms. The normalized spacial score (nSPS) is 11.3. The molecule has 4 nitrogen and oxygen atoms in total. The smallest absolute Gasteiger partial charge is 0.124 e. The minimum Gasteiger partial charge on any atom is -0.364 e. The van der Waals surface area contributed by atoms with Crippen molar-refractivity contribution in [2.75, 3.05) is 5.88 Å². The number of alkyl halides is 1. The van der Waals surface area contributed by atoms with E-state index in [9.17, 15) is 0 Å². The third-order valence-corrected chi connectivity index (χ3v) is 3.30. The first-order valence-electron chi connectivity index (χ1n) is 6.19. The van der Waals surface area contributed by atoms with Gasteiger partial charge in [0.05, 0.1) is 17.6 Å². The lowest BCUT2D eigenvalue weighted by Crippen LogP contribution is -2.06. The van der Waals surface area contributed by atoms with E-state index in [0.717, 1.165) is 29.0 Å². The van der Waals surface area contributed by atoms with Gasteiger partial charge in [-0.05, 0) is 24.6 Å². The van der Waals surface area contributed by atoms with E-state index in [1.165, 1.54) is 5.56 Å². The molecule has 0 bridgehead atoms. The van der Waals surface area contributed by atoms with Crippen LogP contribution in [-0.2, 0) is 13.0 Å². The molecule has 0 aliphatic rings. The number of aryl methyl sites for hydroxylation is 2. The standard InChI is InChI=1S/C14H14ClN3O/c1-10-2-3-13-12(8-10)16-14(4-6-15)18(13)9-11-5-7-19-17-11/h2-3,5,7-8H,4,6,9H2,1H3. The maximum Gasteiger partial charge on any atom is 0.124 e. The van der Waals surface area contributed by atoms with Crippen molar-refractivity contribution in [3.63, 3.8) is 0 Å². The van der Waals surface area contributed by atoms with Crippen molar-refractivity contribution >= 4 is 22.6 Å². The lowest BCUT2D eigenvalue weighted by Gasteiger charge is -2.06. The predicted molar refractivity (Wildman–Crippen MR) is 74.5 cm³/mol. The van der Waals surface area contributed by atoms with Crippen molar-refractivity contribution in [1.29, 1.82) is 0 Å². The maximum atomic E-state index is 5.86. The highest BCUT2D eigenvalue weighted by atomic mass is 35.5. The Hall–Kier alpha value is -1.81. The lowest BCUT2D eigenvalue weighted by molar-refractivity contribution is 0.409. The summed E-state index contributed by atoms with van der Waals surface area (Å²) in [5.41, 5.74) is 4.20. The zero-order chi connectivity index (χ0) is 13.2. The van der Waals surface area contributed by atoms with Crippen LogP contribution in [0.1, 0.15) is 17.1 Å². The quantitative estimate of drug-likeness (QED) is 0.687. The molecule has 0 N–H and O–H groups in total. The summed E-state index contributed by atoms with van der Waals surface area (Å²) in [6.07, 6.45) is 2.33. The monoisotopic (exact) mass is 275 g/mol. The average Bonchev–Trinajstić information content (AvgIpc) is 2.99. The molecule has 2 aromatic heterocycles. The molecule has 19 heavy (non-hydrogen) atoms. The number of nitrogens with zero attached hydrogens (tertiary/aromatic N) is 3. The van der Waals surface area contributed by atoms with Gasteiger partial charge in [0.25, 0.3) is 0 Å². The first-order chi connectivity index (χ1) is 9.28. The summed E-state index contributed by atoms with van der Waals surface area (Å²) in [6, 6.07) is 8.14. The van der Waals surface area contributed by atoms with Gasteiger partial charge in [0.2, 0.25) is 0 Å². The first-order valence-corrected chi connectivity index (χ1v) is 6.72. The molecule has 2 heterocycles. The van der Waals surface area contributed by atoms with Gasteiger partial charge in [-0.2, -0.15) is 0 Å². The number of rotatable bonds is 4. The summed E-state index contributed by atoms with van der Waals surface area (Å²) >= 11 is 5.86. The molecule has 0 spiro atoms. The largest absolute Gasteiger partial charge is 0.364 e. The van der Waals surface area contributed by atoms with Crippen molar-refractivity contribution < 1.29 is 4.52 Å². The van der Waals surface area contributed by atoms with Gasteiger partial charge in [-0.15, -0.1) is 11.6 Å². The third-order valence-electron chi connectivity index (χ3n) is 3.11. The SMILES string of the molecule is Cc1ccc2c(c1)nc(CCCl)n2Cc1ccon1.